The first kappa shape index (κ1) is 25.5. The Balaban J connectivity index is 0.00000341. The summed E-state index contributed by atoms with van der Waals surface area (Å²) in [5, 5.41) is 6.69. The Bertz CT molecular complexity index is 977. The second-order valence-corrected chi connectivity index (χ2v) is 9.75. The van der Waals surface area contributed by atoms with Gasteiger partial charge in [0.15, 0.2) is 15.8 Å². The van der Waals surface area contributed by atoms with Gasteiger partial charge in [0.1, 0.15) is 0 Å². The lowest BCUT2D eigenvalue weighted by molar-refractivity contribution is 0.602. The fourth-order valence-electron chi connectivity index (χ4n) is 3.71. The lowest BCUT2D eigenvalue weighted by Gasteiger charge is -2.26. The van der Waals surface area contributed by atoms with Crippen molar-refractivity contribution in [3.63, 3.8) is 0 Å². The van der Waals surface area contributed by atoms with Crippen molar-refractivity contribution < 1.29 is 8.42 Å². The topological polar surface area (TPSA) is 73.8 Å². The quantitative estimate of drug-likeness (QED) is 0.297. The highest BCUT2D eigenvalue weighted by molar-refractivity contribution is 14.0. The maximum Gasteiger partial charge on any atom is 0.191 e. The molecule has 3 rings (SSSR count). The second-order valence-electron chi connectivity index (χ2n) is 7.73. The number of anilines is 1. The van der Waals surface area contributed by atoms with Crippen LogP contribution in [-0.2, 0) is 22.7 Å². The SMILES string of the molecule is CCNC(=NCC(C)N1CCc2ccccc21)NCCc1ccc(S(C)(=O)=O)cc1.I. The number of halogens is 1. The predicted molar refractivity (Wildman–Crippen MR) is 140 cm³/mol. The number of para-hydroxylation sites is 1. The molecule has 1 aliphatic heterocycles. The Morgan fingerprint density at radius 2 is 1.84 bits per heavy atom. The number of fused-ring (bicyclic) bond motifs is 1. The van der Waals surface area contributed by atoms with Gasteiger partial charge in [0.05, 0.1) is 11.4 Å². The van der Waals surface area contributed by atoms with Gasteiger partial charge in [-0.05, 0) is 56.0 Å². The van der Waals surface area contributed by atoms with Gasteiger partial charge in [-0.2, -0.15) is 0 Å². The lowest BCUT2D eigenvalue weighted by Crippen LogP contribution is -2.40. The number of aliphatic imine (C=N–C) groups is 1. The molecular formula is C23H33IN4O2S. The van der Waals surface area contributed by atoms with Crippen molar-refractivity contribution >= 4 is 45.5 Å². The fourth-order valence-corrected chi connectivity index (χ4v) is 4.34. The highest BCUT2D eigenvalue weighted by atomic mass is 127. The number of hydrogen-bond acceptors (Lipinski definition) is 4. The predicted octanol–water partition coefficient (Wildman–Crippen LogP) is 3.26. The summed E-state index contributed by atoms with van der Waals surface area (Å²) in [6.07, 6.45) is 3.12. The van der Waals surface area contributed by atoms with Crippen molar-refractivity contribution in [2.24, 2.45) is 4.99 Å². The molecule has 2 aromatic carbocycles. The van der Waals surface area contributed by atoms with E-state index in [9.17, 15) is 8.42 Å². The first-order valence-corrected chi connectivity index (χ1v) is 12.4. The van der Waals surface area contributed by atoms with Gasteiger partial charge in [-0.1, -0.05) is 30.3 Å². The number of nitrogens with one attached hydrogen (secondary N) is 2. The zero-order valence-corrected chi connectivity index (χ0v) is 21.6. The number of sulfone groups is 1. The summed E-state index contributed by atoms with van der Waals surface area (Å²) < 4.78 is 23.1. The molecule has 1 heterocycles. The van der Waals surface area contributed by atoms with Gasteiger partial charge in [-0.3, -0.25) is 4.99 Å². The summed E-state index contributed by atoms with van der Waals surface area (Å²) in [4.78, 5) is 7.57. The van der Waals surface area contributed by atoms with Crippen LogP contribution in [0.25, 0.3) is 0 Å². The smallest absolute Gasteiger partial charge is 0.191 e. The van der Waals surface area contributed by atoms with E-state index in [0.29, 0.717) is 17.5 Å². The molecule has 0 saturated heterocycles. The summed E-state index contributed by atoms with van der Waals surface area (Å²) in [5.74, 6) is 0.810. The molecule has 0 amide bonds. The molecule has 170 valence electrons. The second kappa shape index (κ2) is 11.7. The van der Waals surface area contributed by atoms with E-state index >= 15 is 0 Å². The molecule has 0 radical (unpaired) electrons. The van der Waals surface area contributed by atoms with E-state index < -0.39 is 9.84 Å². The van der Waals surface area contributed by atoms with Gasteiger partial charge in [0.25, 0.3) is 0 Å². The van der Waals surface area contributed by atoms with E-state index in [1.807, 2.05) is 12.1 Å². The molecule has 1 aliphatic rings. The molecule has 2 N–H and O–H groups in total. The van der Waals surface area contributed by atoms with Crippen LogP contribution in [0.3, 0.4) is 0 Å². The van der Waals surface area contributed by atoms with Crippen LogP contribution in [0.5, 0.6) is 0 Å². The van der Waals surface area contributed by atoms with Crippen LogP contribution in [-0.4, -0.2) is 52.9 Å². The zero-order chi connectivity index (χ0) is 21.6. The molecule has 6 nitrogen and oxygen atoms in total. The van der Waals surface area contributed by atoms with Crippen LogP contribution in [0, 0.1) is 0 Å². The third-order valence-corrected chi connectivity index (χ3v) is 6.50. The Labute approximate surface area is 203 Å². The van der Waals surface area contributed by atoms with Gasteiger partial charge >= 0.3 is 0 Å². The van der Waals surface area contributed by atoms with Gasteiger partial charge < -0.3 is 15.5 Å². The van der Waals surface area contributed by atoms with Crippen LogP contribution in [0.1, 0.15) is 25.0 Å². The van der Waals surface area contributed by atoms with E-state index in [1.165, 1.54) is 17.5 Å². The van der Waals surface area contributed by atoms with E-state index in [2.05, 4.69) is 53.6 Å². The first-order chi connectivity index (χ1) is 14.4. The zero-order valence-electron chi connectivity index (χ0n) is 18.5. The van der Waals surface area contributed by atoms with Crippen molar-refractivity contribution in [1.29, 1.82) is 0 Å². The van der Waals surface area contributed by atoms with Gasteiger partial charge in [0, 0.05) is 37.6 Å². The normalized spacial score (nSPS) is 14.5. The van der Waals surface area contributed by atoms with Crippen molar-refractivity contribution in [3.05, 3.63) is 59.7 Å². The minimum Gasteiger partial charge on any atom is -0.366 e. The monoisotopic (exact) mass is 556 g/mol. The van der Waals surface area contributed by atoms with E-state index in [0.717, 1.165) is 44.0 Å². The van der Waals surface area contributed by atoms with E-state index in [4.69, 9.17) is 4.99 Å². The molecule has 0 bridgehead atoms. The summed E-state index contributed by atoms with van der Waals surface area (Å²) >= 11 is 0. The number of guanidine groups is 1. The Hall–Kier alpha value is -1.81. The molecule has 1 atom stereocenters. The molecule has 8 heteroatoms. The summed E-state index contributed by atoms with van der Waals surface area (Å²) in [6.45, 7) is 7.57. The van der Waals surface area contributed by atoms with Crippen LogP contribution < -0.4 is 15.5 Å². The largest absolute Gasteiger partial charge is 0.366 e. The minimum atomic E-state index is -3.15. The van der Waals surface area contributed by atoms with Gasteiger partial charge in [0.2, 0.25) is 0 Å². The molecule has 31 heavy (non-hydrogen) atoms. The van der Waals surface area contributed by atoms with Crippen molar-refractivity contribution in [3.8, 4) is 0 Å². The van der Waals surface area contributed by atoms with Crippen LogP contribution in [0.15, 0.2) is 58.4 Å². The molecule has 0 fully saturated rings. The van der Waals surface area contributed by atoms with E-state index in [-0.39, 0.29) is 24.0 Å². The third-order valence-electron chi connectivity index (χ3n) is 5.37. The molecule has 0 aromatic heterocycles. The number of benzene rings is 2. The summed E-state index contributed by atoms with van der Waals surface area (Å²) in [5.41, 5.74) is 3.84. The molecule has 0 spiro atoms. The van der Waals surface area contributed by atoms with Crippen molar-refractivity contribution in [2.45, 2.75) is 37.6 Å². The summed E-state index contributed by atoms with van der Waals surface area (Å²) in [6, 6.07) is 16.0. The first-order valence-electron chi connectivity index (χ1n) is 10.5. The molecular weight excluding hydrogens is 523 g/mol. The molecule has 0 aliphatic carbocycles. The third kappa shape index (κ3) is 7.10. The summed E-state index contributed by atoms with van der Waals surface area (Å²) in [7, 11) is -3.15. The number of rotatable bonds is 8. The maximum atomic E-state index is 11.6. The minimum absolute atomic E-state index is 0. The standard InChI is InChI=1S/C23H32N4O2S.HI/c1-4-24-23(25-15-13-19-9-11-21(12-10-19)30(3,28)29)26-17-18(2)27-16-14-20-7-5-6-8-22(20)27;/h5-12,18H,4,13-17H2,1-3H3,(H2,24,25,26);1H. The van der Waals surface area contributed by atoms with Crippen LogP contribution in [0.4, 0.5) is 5.69 Å². The Morgan fingerprint density at radius 1 is 1.13 bits per heavy atom. The van der Waals surface area contributed by atoms with E-state index in [1.54, 1.807) is 12.1 Å². The van der Waals surface area contributed by atoms with Crippen LogP contribution >= 0.6 is 24.0 Å². The molecule has 0 saturated carbocycles. The molecule has 1 unspecified atom stereocenters. The number of nitrogens with zero attached hydrogens (tertiary/aromatic N) is 2. The highest BCUT2D eigenvalue weighted by Gasteiger charge is 2.22. The van der Waals surface area contributed by atoms with Gasteiger partial charge in [-0.15, -0.1) is 24.0 Å². The number of hydrogen-bond donors (Lipinski definition) is 2. The fraction of sp³-hybridized carbons (Fsp3) is 0.435. The van der Waals surface area contributed by atoms with Gasteiger partial charge in [-0.25, -0.2) is 8.42 Å². The lowest BCUT2D eigenvalue weighted by atomic mass is 10.1. The average molecular weight is 557 g/mol. The Kier molecular flexibility index (Phi) is 9.61. The van der Waals surface area contributed by atoms with Crippen LogP contribution in [0.2, 0.25) is 0 Å². The van der Waals surface area contributed by atoms with Crippen molar-refractivity contribution in [2.75, 3.05) is 37.3 Å². The Morgan fingerprint density at radius 3 is 2.52 bits per heavy atom. The highest BCUT2D eigenvalue weighted by Crippen LogP contribution is 2.29. The van der Waals surface area contributed by atoms with Crippen molar-refractivity contribution in [1.82, 2.24) is 10.6 Å². The maximum absolute atomic E-state index is 11.6. The molecule has 2 aromatic rings. The average Bonchev–Trinajstić information content (AvgIpc) is 3.16.